The predicted octanol–water partition coefficient (Wildman–Crippen LogP) is 1.77. The van der Waals surface area contributed by atoms with Crippen molar-refractivity contribution in [2.24, 2.45) is 11.8 Å². The highest BCUT2D eigenvalue weighted by molar-refractivity contribution is 5.89. The molecular formula is C15H18FNO4. The van der Waals surface area contributed by atoms with Crippen molar-refractivity contribution in [3.8, 4) is 5.75 Å². The van der Waals surface area contributed by atoms with Gasteiger partial charge >= 0.3 is 5.97 Å². The van der Waals surface area contributed by atoms with E-state index in [1.165, 1.54) is 12.1 Å². The lowest BCUT2D eigenvalue weighted by atomic mass is 10.2. The van der Waals surface area contributed by atoms with Gasteiger partial charge in [-0.05, 0) is 37.1 Å². The van der Waals surface area contributed by atoms with Crippen LogP contribution in [0, 0.1) is 17.7 Å². The van der Waals surface area contributed by atoms with Crippen LogP contribution in [0.2, 0.25) is 0 Å². The van der Waals surface area contributed by atoms with E-state index in [1.54, 1.807) is 24.1 Å². The molecule has 0 radical (unpaired) electrons. The largest absolute Gasteiger partial charge is 0.494 e. The minimum atomic E-state index is -0.901. The van der Waals surface area contributed by atoms with Gasteiger partial charge in [-0.3, -0.25) is 9.59 Å². The van der Waals surface area contributed by atoms with Crippen LogP contribution in [0.5, 0.6) is 5.75 Å². The third-order valence-electron chi connectivity index (χ3n) is 3.52. The summed E-state index contributed by atoms with van der Waals surface area (Å²) in [7, 11) is 1.66. The van der Waals surface area contributed by atoms with E-state index in [9.17, 15) is 14.0 Å². The average molecular weight is 295 g/mol. The summed E-state index contributed by atoms with van der Waals surface area (Å²) in [6.07, 6.45) is 1.06. The standard InChI is InChI=1S/C15H18FNO4/c1-17(14(18)12-9-13(12)15(19)20)7-2-8-21-11-5-3-10(16)4-6-11/h3-6,12-13H,2,7-9H2,1H3,(H,19,20). The molecule has 0 aromatic heterocycles. The Morgan fingerprint density at radius 2 is 2.00 bits per heavy atom. The summed E-state index contributed by atoms with van der Waals surface area (Å²) in [5.74, 6) is -1.64. The predicted molar refractivity (Wildman–Crippen MR) is 73.4 cm³/mol. The summed E-state index contributed by atoms with van der Waals surface area (Å²) in [5.41, 5.74) is 0. The number of aliphatic carboxylic acids is 1. The van der Waals surface area contributed by atoms with Gasteiger partial charge in [-0.25, -0.2) is 4.39 Å². The normalized spacial score (nSPS) is 19.9. The Balaban J connectivity index is 1.65. The highest BCUT2D eigenvalue weighted by Crippen LogP contribution is 2.39. The fourth-order valence-corrected chi connectivity index (χ4v) is 2.16. The molecule has 2 atom stereocenters. The van der Waals surface area contributed by atoms with E-state index in [0.717, 1.165) is 0 Å². The summed E-state index contributed by atoms with van der Waals surface area (Å²) in [6, 6.07) is 5.74. The van der Waals surface area contributed by atoms with Crippen molar-refractivity contribution in [1.29, 1.82) is 0 Å². The van der Waals surface area contributed by atoms with Gasteiger partial charge in [0.15, 0.2) is 0 Å². The molecule has 1 aromatic rings. The van der Waals surface area contributed by atoms with Crippen LogP contribution in [0.15, 0.2) is 24.3 Å². The molecule has 21 heavy (non-hydrogen) atoms. The second kappa shape index (κ2) is 6.56. The van der Waals surface area contributed by atoms with E-state index in [-0.39, 0.29) is 17.6 Å². The van der Waals surface area contributed by atoms with Crippen LogP contribution in [-0.2, 0) is 9.59 Å². The fraction of sp³-hybridized carbons (Fsp3) is 0.467. The molecule has 0 saturated heterocycles. The van der Waals surface area contributed by atoms with Crippen molar-refractivity contribution in [3.63, 3.8) is 0 Å². The molecular weight excluding hydrogens is 277 g/mol. The van der Waals surface area contributed by atoms with E-state index in [0.29, 0.717) is 31.7 Å². The zero-order valence-electron chi connectivity index (χ0n) is 11.8. The molecule has 1 fully saturated rings. The molecule has 1 saturated carbocycles. The monoisotopic (exact) mass is 295 g/mol. The molecule has 1 amide bonds. The molecule has 5 nitrogen and oxygen atoms in total. The van der Waals surface area contributed by atoms with Crippen molar-refractivity contribution in [3.05, 3.63) is 30.1 Å². The molecule has 2 rings (SSSR count). The first kappa shape index (κ1) is 15.3. The number of hydrogen-bond acceptors (Lipinski definition) is 3. The van der Waals surface area contributed by atoms with E-state index in [2.05, 4.69) is 0 Å². The molecule has 0 spiro atoms. The third kappa shape index (κ3) is 4.18. The smallest absolute Gasteiger partial charge is 0.307 e. The number of benzene rings is 1. The molecule has 2 unspecified atom stereocenters. The molecule has 1 aliphatic carbocycles. The van der Waals surface area contributed by atoms with Gasteiger partial charge in [0.25, 0.3) is 0 Å². The minimum absolute atomic E-state index is 0.121. The number of halogens is 1. The van der Waals surface area contributed by atoms with Crippen LogP contribution in [-0.4, -0.2) is 42.1 Å². The number of amides is 1. The number of carboxylic acids is 1. The molecule has 6 heteroatoms. The molecule has 1 aliphatic rings. The number of carbonyl (C=O) groups is 2. The summed E-state index contributed by atoms with van der Waals surface area (Å²) in [5, 5.41) is 8.80. The number of carbonyl (C=O) groups excluding carboxylic acids is 1. The fourth-order valence-electron chi connectivity index (χ4n) is 2.16. The molecule has 1 N–H and O–H groups in total. The van der Waals surface area contributed by atoms with E-state index in [4.69, 9.17) is 9.84 Å². The van der Waals surface area contributed by atoms with Gasteiger partial charge in [0.1, 0.15) is 11.6 Å². The zero-order valence-corrected chi connectivity index (χ0v) is 11.8. The second-order valence-electron chi connectivity index (χ2n) is 5.20. The van der Waals surface area contributed by atoms with Gasteiger partial charge in [0.05, 0.1) is 18.4 Å². The summed E-state index contributed by atoms with van der Waals surface area (Å²) in [4.78, 5) is 24.2. The maximum Gasteiger partial charge on any atom is 0.307 e. The number of ether oxygens (including phenoxy) is 1. The molecule has 114 valence electrons. The number of rotatable bonds is 7. The summed E-state index contributed by atoms with van der Waals surface area (Å²) >= 11 is 0. The van der Waals surface area contributed by atoms with Gasteiger partial charge in [-0.1, -0.05) is 0 Å². The molecule has 0 bridgehead atoms. The highest BCUT2D eigenvalue weighted by Gasteiger charge is 2.49. The van der Waals surface area contributed by atoms with Crippen LogP contribution in [0.4, 0.5) is 4.39 Å². The zero-order chi connectivity index (χ0) is 15.4. The van der Waals surface area contributed by atoms with E-state index in [1.807, 2.05) is 0 Å². The highest BCUT2D eigenvalue weighted by atomic mass is 19.1. The second-order valence-corrected chi connectivity index (χ2v) is 5.20. The van der Waals surface area contributed by atoms with Gasteiger partial charge in [0, 0.05) is 13.6 Å². The average Bonchev–Trinajstić information content (AvgIpc) is 3.25. The van der Waals surface area contributed by atoms with Crippen molar-refractivity contribution >= 4 is 11.9 Å². The van der Waals surface area contributed by atoms with Gasteiger partial charge in [-0.2, -0.15) is 0 Å². The van der Waals surface area contributed by atoms with Crippen LogP contribution in [0.1, 0.15) is 12.8 Å². The van der Waals surface area contributed by atoms with Gasteiger partial charge < -0.3 is 14.7 Å². The quantitative estimate of drug-likeness (QED) is 0.779. The first-order chi connectivity index (χ1) is 9.99. The lowest BCUT2D eigenvalue weighted by Gasteiger charge is -2.17. The van der Waals surface area contributed by atoms with Crippen molar-refractivity contribution in [2.45, 2.75) is 12.8 Å². The topological polar surface area (TPSA) is 66.8 Å². The lowest BCUT2D eigenvalue weighted by Crippen LogP contribution is -2.31. The van der Waals surface area contributed by atoms with Crippen molar-refractivity contribution in [1.82, 2.24) is 4.90 Å². The lowest BCUT2D eigenvalue weighted by molar-refractivity contribution is -0.141. The molecule has 0 aliphatic heterocycles. The maximum atomic E-state index is 12.7. The van der Waals surface area contributed by atoms with Crippen molar-refractivity contribution in [2.75, 3.05) is 20.2 Å². The first-order valence-electron chi connectivity index (χ1n) is 6.85. The Morgan fingerprint density at radius 1 is 1.33 bits per heavy atom. The number of nitrogens with zero attached hydrogens (tertiary/aromatic N) is 1. The Labute approximate surface area is 122 Å². The minimum Gasteiger partial charge on any atom is -0.494 e. The first-order valence-corrected chi connectivity index (χ1v) is 6.85. The van der Waals surface area contributed by atoms with Crippen LogP contribution in [0.25, 0.3) is 0 Å². The van der Waals surface area contributed by atoms with E-state index < -0.39 is 11.9 Å². The van der Waals surface area contributed by atoms with Crippen LogP contribution in [0.3, 0.4) is 0 Å². The summed E-state index contributed by atoms with van der Waals surface area (Å²) < 4.78 is 18.1. The van der Waals surface area contributed by atoms with Crippen LogP contribution >= 0.6 is 0 Å². The molecule has 1 aromatic carbocycles. The Hall–Kier alpha value is -2.11. The number of carboxylic acid groups (broad SMARTS) is 1. The Kier molecular flexibility index (Phi) is 4.77. The molecule has 0 heterocycles. The SMILES string of the molecule is CN(CCCOc1ccc(F)cc1)C(=O)C1CC1C(=O)O. The van der Waals surface area contributed by atoms with Gasteiger partial charge in [0.2, 0.25) is 5.91 Å². The van der Waals surface area contributed by atoms with Gasteiger partial charge in [-0.15, -0.1) is 0 Å². The Morgan fingerprint density at radius 3 is 2.57 bits per heavy atom. The maximum absolute atomic E-state index is 12.7. The third-order valence-corrected chi connectivity index (χ3v) is 3.52. The van der Waals surface area contributed by atoms with Crippen molar-refractivity contribution < 1.29 is 23.8 Å². The van der Waals surface area contributed by atoms with E-state index >= 15 is 0 Å². The summed E-state index contributed by atoms with van der Waals surface area (Å²) in [6.45, 7) is 0.916. The number of hydrogen-bond donors (Lipinski definition) is 1. The van der Waals surface area contributed by atoms with Crippen LogP contribution < -0.4 is 4.74 Å². The Bertz CT molecular complexity index is 517.